The van der Waals surface area contributed by atoms with Gasteiger partial charge in [0, 0.05) is 0 Å². The Bertz CT molecular complexity index is 1100. The number of benzene rings is 3. The molecular formula is C23H21FNO3P. The Balaban J connectivity index is 1.62. The number of phenols is 2. The molecule has 1 atom stereocenters. The molecular weight excluding hydrogens is 388 g/mol. The minimum Gasteiger partial charge on any atom is -0.504 e. The number of nitrogens with one attached hydrogen (secondary N) is 1. The molecule has 29 heavy (non-hydrogen) atoms. The maximum absolute atomic E-state index is 14.4. The zero-order chi connectivity index (χ0) is 20.6. The molecule has 0 bridgehead atoms. The number of rotatable bonds is 5. The third-order valence-electron chi connectivity index (χ3n) is 5.42. The number of phenolic OH excluding ortho intramolecular Hbond substituents is 2. The Morgan fingerprint density at radius 2 is 1.76 bits per heavy atom. The highest BCUT2D eigenvalue weighted by atomic mass is 31.0. The van der Waals surface area contributed by atoms with Gasteiger partial charge in [0.25, 0.3) is 0 Å². The van der Waals surface area contributed by atoms with Crippen molar-refractivity contribution in [3.8, 4) is 22.6 Å². The van der Waals surface area contributed by atoms with Gasteiger partial charge < -0.3 is 15.5 Å². The van der Waals surface area contributed by atoms with Crippen LogP contribution in [0, 0.1) is 5.82 Å². The van der Waals surface area contributed by atoms with E-state index in [1.54, 1.807) is 18.2 Å². The summed E-state index contributed by atoms with van der Waals surface area (Å²) in [4.78, 5) is 13.0. The van der Waals surface area contributed by atoms with E-state index in [0.717, 1.165) is 22.9 Å². The zero-order valence-electron chi connectivity index (χ0n) is 15.7. The standard InChI is InChI=1S/C23H21FNO3P/c24-18-6-4-16(15-3-1-2-14(10-15)13-29)11-19(18)25-22(28)23(8-9-23)17-5-7-20(26)21(27)12-17/h1-7,10-12,26-27H,8-9,13,29H2,(H,25,28). The lowest BCUT2D eigenvalue weighted by Gasteiger charge is -2.17. The zero-order valence-corrected chi connectivity index (χ0v) is 16.8. The molecule has 0 aliphatic heterocycles. The van der Waals surface area contributed by atoms with Gasteiger partial charge in [0.15, 0.2) is 11.5 Å². The normalized spacial score (nSPS) is 14.4. The van der Waals surface area contributed by atoms with Gasteiger partial charge in [-0.05, 0) is 65.5 Å². The van der Waals surface area contributed by atoms with Crippen LogP contribution in [0.1, 0.15) is 24.0 Å². The first-order valence-electron chi connectivity index (χ1n) is 9.36. The lowest BCUT2D eigenvalue weighted by Crippen LogP contribution is -2.28. The maximum atomic E-state index is 14.4. The van der Waals surface area contributed by atoms with Crippen LogP contribution < -0.4 is 5.32 Å². The van der Waals surface area contributed by atoms with Crippen LogP contribution in [0.25, 0.3) is 11.1 Å². The van der Waals surface area contributed by atoms with Gasteiger partial charge in [0.1, 0.15) is 5.82 Å². The molecule has 1 amide bonds. The Kier molecular flexibility index (Phi) is 5.01. The van der Waals surface area contributed by atoms with E-state index in [4.69, 9.17) is 0 Å². The van der Waals surface area contributed by atoms with Gasteiger partial charge in [-0.15, -0.1) is 9.24 Å². The summed E-state index contributed by atoms with van der Waals surface area (Å²) in [6.45, 7) is 0. The summed E-state index contributed by atoms with van der Waals surface area (Å²) in [5, 5.41) is 22.0. The number of hydrogen-bond donors (Lipinski definition) is 3. The van der Waals surface area contributed by atoms with Crippen molar-refractivity contribution < 1.29 is 19.4 Å². The summed E-state index contributed by atoms with van der Waals surface area (Å²) in [5.74, 6) is -1.34. The number of aromatic hydroxyl groups is 2. The van der Waals surface area contributed by atoms with Crippen LogP contribution in [0.15, 0.2) is 60.7 Å². The van der Waals surface area contributed by atoms with Gasteiger partial charge in [-0.3, -0.25) is 4.79 Å². The molecule has 1 aliphatic carbocycles. The quantitative estimate of drug-likeness (QED) is 0.413. The van der Waals surface area contributed by atoms with Crippen molar-refractivity contribution in [2.45, 2.75) is 24.4 Å². The average Bonchev–Trinajstić information content (AvgIpc) is 3.54. The molecule has 0 heterocycles. The van der Waals surface area contributed by atoms with E-state index in [2.05, 4.69) is 14.6 Å². The summed E-state index contributed by atoms with van der Waals surface area (Å²) in [6.07, 6.45) is 2.02. The molecule has 1 fully saturated rings. The second-order valence-corrected chi connectivity index (χ2v) is 7.75. The summed E-state index contributed by atoms with van der Waals surface area (Å²) in [5.41, 5.74) is 2.83. The summed E-state index contributed by atoms with van der Waals surface area (Å²) < 4.78 is 14.4. The molecule has 3 aromatic rings. The van der Waals surface area contributed by atoms with Crippen LogP contribution in [-0.2, 0) is 16.4 Å². The third-order valence-corrected chi connectivity index (χ3v) is 5.89. The topological polar surface area (TPSA) is 69.6 Å². The third kappa shape index (κ3) is 3.70. The Morgan fingerprint density at radius 3 is 2.45 bits per heavy atom. The van der Waals surface area contributed by atoms with Crippen molar-refractivity contribution in [2.75, 3.05) is 5.32 Å². The molecule has 0 spiro atoms. The number of carbonyl (C=O) groups excluding carboxylic acids is 1. The second kappa shape index (κ2) is 7.49. The van der Waals surface area contributed by atoms with Gasteiger partial charge >= 0.3 is 0 Å². The monoisotopic (exact) mass is 409 g/mol. The largest absolute Gasteiger partial charge is 0.504 e. The molecule has 4 nitrogen and oxygen atoms in total. The van der Waals surface area contributed by atoms with Crippen LogP contribution in [-0.4, -0.2) is 16.1 Å². The maximum Gasteiger partial charge on any atom is 0.235 e. The van der Waals surface area contributed by atoms with E-state index >= 15 is 0 Å². The van der Waals surface area contributed by atoms with E-state index in [0.29, 0.717) is 18.4 Å². The van der Waals surface area contributed by atoms with Gasteiger partial charge in [-0.25, -0.2) is 4.39 Å². The van der Waals surface area contributed by atoms with Crippen molar-refractivity contribution in [3.63, 3.8) is 0 Å². The minimum absolute atomic E-state index is 0.123. The fourth-order valence-corrected chi connectivity index (χ4v) is 3.77. The van der Waals surface area contributed by atoms with Crippen molar-refractivity contribution >= 4 is 20.8 Å². The highest BCUT2D eigenvalue weighted by molar-refractivity contribution is 7.15. The molecule has 1 unspecified atom stereocenters. The van der Waals surface area contributed by atoms with Crippen molar-refractivity contribution in [3.05, 3.63) is 77.6 Å². The van der Waals surface area contributed by atoms with Crippen molar-refractivity contribution in [1.82, 2.24) is 0 Å². The van der Waals surface area contributed by atoms with Gasteiger partial charge in [0.2, 0.25) is 5.91 Å². The lowest BCUT2D eigenvalue weighted by atomic mass is 9.94. The molecule has 3 N–H and O–H groups in total. The first-order chi connectivity index (χ1) is 13.9. The molecule has 6 heteroatoms. The lowest BCUT2D eigenvalue weighted by molar-refractivity contribution is -0.118. The highest BCUT2D eigenvalue weighted by Crippen LogP contribution is 2.50. The van der Waals surface area contributed by atoms with E-state index in [9.17, 15) is 19.4 Å². The number of anilines is 1. The number of halogens is 1. The molecule has 3 aromatic carbocycles. The molecule has 148 valence electrons. The molecule has 0 saturated heterocycles. The number of carbonyl (C=O) groups is 1. The molecule has 1 aliphatic rings. The van der Waals surface area contributed by atoms with Crippen LogP contribution >= 0.6 is 9.24 Å². The number of hydrogen-bond acceptors (Lipinski definition) is 3. The Morgan fingerprint density at radius 1 is 1.00 bits per heavy atom. The highest BCUT2D eigenvalue weighted by Gasteiger charge is 2.51. The predicted octanol–water partition coefficient (Wildman–Crippen LogP) is 4.95. The van der Waals surface area contributed by atoms with E-state index in [1.165, 1.54) is 18.2 Å². The first-order valence-corrected chi connectivity index (χ1v) is 10.2. The minimum atomic E-state index is -0.813. The van der Waals surface area contributed by atoms with Gasteiger partial charge in [0.05, 0.1) is 11.1 Å². The average molecular weight is 409 g/mol. The van der Waals surface area contributed by atoms with Crippen LogP contribution in [0.3, 0.4) is 0 Å². The van der Waals surface area contributed by atoms with Crippen molar-refractivity contribution in [1.29, 1.82) is 0 Å². The second-order valence-electron chi connectivity index (χ2n) is 7.34. The summed E-state index contributed by atoms with van der Waals surface area (Å²) >= 11 is 0. The van der Waals surface area contributed by atoms with E-state index in [-0.39, 0.29) is 23.1 Å². The predicted molar refractivity (Wildman–Crippen MR) is 115 cm³/mol. The van der Waals surface area contributed by atoms with Crippen LogP contribution in [0.5, 0.6) is 11.5 Å². The summed E-state index contributed by atoms with van der Waals surface area (Å²) in [6, 6.07) is 17.0. The first kappa shape index (κ1) is 19.4. The Labute approximate surface area is 170 Å². The smallest absolute Gasteiger partial charge is 0.235 e. The molecule has 0 radical (unpaired) electrons. The molecule has 0 aromatic heterocycles. The van der Waals surface area contributed by atoms with Gasteiger partial charge in [-0.1, -0.05) is 36.4 Å². The SMILES string of the molecule is O=C(Nc1cc(-c2cccc(CP)c2)ccc1F)C1(c2ccc(O)c(O)c2)CC1. The van der Waals surface area contributed by atoms with E-state index < -0.39 is 11.2 Å². The Hall–Kier alpha value is -2.91. The fraction of sp³-hybridized carbons (Fsp3) is 0.174. The van der Waals surface area contributed by atoms with E-state index in [1.807, 2.05) is 24.3 Å². The van der Waals surface area contributed by atoms with Crippen molar-refractivity contribution in [2.24, 2.45) is 0 Å². The summed E-state index contributed by atoms with van der Waals surface area (Å²) in [7, 11) is 2.68. The van der Waals surface area contributed by atoms with Crippen LogP contribution in [0.2, 0.25) is 0 Å². The van der Waals surface area contributed by atoms with Crippen LogP contribution in [0.4, 0.5) is 10.1 Å². The molecule has 4 rings (SSSR count). The molecule has 1 saturated carbocycles. The van der Waals surface area contributed by atoms with Gasteiger partial charge in [-0.2, -0.15) is 0 Å². The fourth-order valence-electron chi connectivity index (χ4n) is 3.51. The number of amides is 1.